The van der Waals surface area contributed by atoms with E-state index in [1.54, 1.807) is 0 Å². The molecule has 0 atom stereocenters. The molecule has 0 aliphatic carbocycles. The largest absolute Gasteiger partial charge is 0.444 e. The zero-order valence-corrected chi connectivity index (χ0v) is 11.7. The zero-order chi connectivity index (χ0) is 13.2. The summed E-state index contributed by atoms with van der Waals surface area (Å²) in [5, 5.41) is 6.26. The first-order valence-corrected chi connectivity index (χ1v) is 6.88. The van der Waals surface area contributed by atoms with Gasteiger partial charge in [-0.25, -0.2) is 4.79 Å². The van der Waals surface area contributed by atoms with Gasteiger partial charge in [0.25, 0.3) is 0 Å². The van der Waals surface area contributed by atoms with Crippen molar-refractivity contribution in [1.82, 2.24) is 15.5 Å². The molecule has 0 aromatic heterocycles. The number of ether oxygens (including phenoxy) is 1. The Hall–Kier alpha value is -0.810. The molecule has 0 spiro atoms. The Kier molecular flexibility index (Phi) is 4.12. The van der Waals surface area contributed by atoms with Crippen molar-refractivity contribution in [3.8, 4) is 0 Å². The van der Waals surface area contributed by atoms with Crippen LogP contribution in [0.3, 0.4) is 0 Å². The molecule has 2 heterocycles. The third kappa shape index (κ3) is 3.85. The molecule has 2 aliphatic heterocycles. The molecule has 2 N–H and O–H groups in total. The van der Waals surface area contributed by atoms with Gasteiger partial charge in [0, 0.05) is 38.3 Å². The van der Waals surface area contributed by atoms with Crippen molar-refractivity contribution in [3.63, 3.8) is 0 Å². The Morgan fingerprint density at radius 2 is 1.89 bits per heavy atom. The van der Waals surface area contributed by atoms with E-state index in [0.29, 0.717) is 6.04 Å². The molecule has 0 saturated carbocycles. The van der Waals surface area contributed by atoms with Crippen LogP contribution in [0.5, 0.6) is 0 Å². The fraction of sp³-hybridized carbons (Fsp3) is 0.923. The number of likely N-dealkylation sites (tertiary alicyclic amines) is 1. The maximum Gasteiger partial charge on any atom is 0.407 e. The minimum absolute atomic E-state index is 0.268. The standard InChI is InChI=1S/C13H25N3O2/c1-13(2,3)18-12(17)15-10-4-6-16(7-5-10)11-8-14-9-11/h10-11,14H,4-9H2,1-3H3,(H,15,17). The fourth-order valence-corrected chi connectivity index (χ4v) is 2.41. The summed E-state index contributed by atoms with van der Waals surface area (Å²) < 4.78 is 5.27. The normalized spacial score (nSPS) is 23.5. The number of nitrogens with one attached hydrogen (secondary N) is 2. The van der Waals surface area contributed by atoms with Gasteiger partial charge < -0.3 is 15.4 Å². The Labute approximate surface area is 109 Å². The highest BCUT2D eigenvalue weighted by Crippen LogP contribution is 2.16. The lowest BCUT2D eigenvalue weighted by Crippen LogP contribution is -2.60. The van der Waals surface area contributed by atoms with Crippen LogP contribution in [0.25, 0.3) is 0 Å². The van der Waals surface area contributed by atoms with Crippen molar-refractivity contribution in [1.29, 1.82) is 0 Å². The first-order valence-electron chi connectivity index (χ1n) is 6.88. The van der Waals surface area contributed by atoms with Gasteiger partial charge in [-0.05, 0) is 33.6 Å². The van der Waals surface area contributed by atoms with Gasteiger partial charge >= 0.3 is 6.09 Å². The summed E-state index contributed by atoms with van der Waals surface area (Å²) in [5.74, 6) is 0. The molecular formula is C13H25N3O2. The minimum Gasteiger partial charge on any atom is -0.444 e. The molecule has 104 valence electrons. The third-order valence-corrected chi connectivity index (χ3v) is 3.53. The van der Waals surface area contributed by atoms with Crippen LogP contribution < -0.4 is 10.6 Å². The average molecular weight is 255 g/mol. The highest BCUT2D eigenvalue weighted by atomic mass is 16.6. The third-order valence-electron chi connectivity index (χ3n) is 3.53. The molecule has 0 aromatic carbocycles. The minimum atomic E-state index is -0.414. The maximum absolute atomic E-state index is 11.7. The molecule has 18 heavy (non-hydrogen) atoms. The number of rotatable bonds is 2. The number of carbonyl (C=O) groups is 1. The summed E-state index contributed by atoms with van der Waals surface area (Å²) in [4.78, 5) is 14.2. The van der Waals surface area contributed by atoms with Crippen LogP contribution in [0.2, 0.25) is 0 Å². The van der Waals surface area contributed by atoms with E-state index < -0.39 is 5.60 Å². The van der Waals surface area contributed by atoms with Crippen molar-refractivity contribution in [2.45, 2.75) is 51.3 Å². The molecule has 2 fully saturated rings. The second kappa shape index (κ2) is 5.45. The molecule has 2 rings (SSSR count). The Morgan fingerprint density at radius 3 is 2.33 bits per heavy atom. The lowest BCUT2D eigenvalue weighted by molar-refractivity contribution is 0.0455. The van der Waals surface area contributed by atoms with E-state index >= 15 is 0 Å². The SMILES string of the molecule is CC(C)(C)OC(=O)NC1CCN(C2CNC2)CC1. The molecule has 0 unspecified atom stereocenters. The number of carbonyl (C=O) groups excluding carboxylic acids is 1. The molecule has 0 radical (unpaired) electrons. The van der Waals surface area contributed by atoms with Crippen LogP contribution in [-0.4, -0.2) is 54.9 Å². The van der Waals surface area contributed by atoms with Crippen LogP contribution in [-0.2, 0) is 4.74 Å². The monoisotopic (exact) mass is 255 g/mol. The van der Waals surface area contributed by atoms with Crippen LogP contribution >= 0.6 is 0 Å². The van der Waals surface area contributed by atoms with E-state index in [1.807, 2.05) is 20.8 Å². The summed E-state index contributed by atoms with van der Waals surface area (Å²) in [6.07, 6.45) is 1.76. The van der Waals surface area contributed by atoms with E-state index in [4.69, 9.17) is 4.74 Å². The van der Waals surface area contributed by atoms with Gasteiger partial charge in [0.15, 0.2) is 0 Å². The predicted molar refractivity (Wildman–Crippen MR) is 70.6 cm³/mol. The van der Waals surface area contributed by atoms with E-state index in [2.05, 4.69) is 15.5 Å². The Morgan fingerprint density at radius 1 is 1.28 bits per heavy atom. The van der Waals surface area contributed by atoms with E-state index in [-0.39, 0.29) is 12.1 Å². The van der Waals surface area contributed by atoms with Crippen molar-refractivity contribution >= 4 is 6.09 Å². The molecule has 5 heteroatoms. The van der Waals surface area contributed by atoms with Gasteiger partial charge in [-0.1, -0.05) is 0 Å². The predicted octanol–water partition coefficient (Wildman–Crippen LogP) is 0.947. The van der Waals surface area contributed by atoms with Gasteiger partial charge in [0.1, 0.15) is 5.60 Å². The highest BCUT2D eigenvalue weighted by molar-refractivity contribution is 5.68. The number of piperidine rings is 1. The second-order valence-corrected chi connectivity index (χ2v) is 6.27. The Bertz CT molecular complexity index is 289. The van der Waals surface area contributed by atoms with Crippen molar-refractivity contribution in [2.75, 3.05) is 26.2 Å². The first-order chi connectivity index (χ1) is 8.44. The van der Waals surface area contributed by atoms with Crippen LogP contribution in [0.4, 0.5) is 4.79 Å². The van der Waals surface area contributed by atoms with E-state index in [0.717, 1.165) is 39.0 Å². The smallest absolute Gasteiger partial charge is 0.407 e. The second-order valence-electron chi connectivity index (χ2n) is 6.27. The topological polar surface area (TPSA) is 53.6 Å². The van der Waals surface area contributed by atoms with Gasteiger partial charge in [-0.2, -0.15) is 0 Å². The first kappa shape index (κ1) is 13.6. The molecular weight excluding hydrogens is 230 g/mol. The highest BCUT2D eigenvalue weighted by Gasteiger charge is 2.29. The lowest BCUT2D eigenvalue weighted by Gasteiger charge is -2.42. The fourth-order valence-electron chi connectivity index (χ4n) is 2.41. The molecule has 2 saturated heterocycles. The van der Waals surface area contributed by atoms with Gasteiger partial charge in [0.05, 0.1) is 0 Å². The van der Waals surface area contributed by atoms with Crippen LogP contribution in [0.15, 0.2) is 0 Å². The van der Waals surface area contributed by atoms with Crippen molar-refractivity contribution < 1.29 is 9.53 Å². The quantitative estimate of drug-likeness (QED) is 0.771. The van der Waals surface area contributed by atoms with Gasteiger partial charge in [-0.15, -0.1) is 0 Å². The molecule has 0 bridgehead atoms. The number of alkyl carbamates (subject to hydrolysis) is 1. The summed E-state index contributed by atoms with van der Waals surface area (Å²) in [6, 6.07) is 0.983. The van der Waals surface area contributed by atoms with Crippen LogP contribution in [0, 0.1) is 0 Å². The van der Waals surface area contributed by atoms with E-state index in [1.165, 1.54) is 0 Å². The summed E-state index contributed by atoms with van der Waals surface area (Å²) in [6.45, 7) is 10.0. The van der Waals surface area contributed by atoms with Crippen LogP contribution in [0.1, 0.15) is 33.6 Å². The number of nitrogens with zero attached hydrogens (tertiary/aromatic N) is 1. The van der Waals surface area contributed by atoms with Gasteiger partial charge in [-0.3, -0.25) is 4.90 Å². The average Bonchev–Trinajstić information content (AvgIpc) is 2.15. The molecule has 2 aliphatic rings. The van der Waals surface area contributed by atoms with Crippen molar-refractivity contribution in [2.24, 2.45) is 0 Å². The van der Waals surface area contributed by atoms with Crippen molar-refractivity contribution in [3.05, 3.63) is 0 Å². The number of amides is 1. The Balaban J connectivity index is 1.68. The maximum atomic E-state index is 11.7. The molecule has 5 nitrogen and oxygen atoms in total. The number of hydrogen-bond acceptors (Lipinski definition) is 4. The number of hydrogen-bond donors (Lipinski definition) is 2. The summed E-state index contributed by atoms with van der Waals surface area (Å²) in [5.41, 5.74) is -0.414. The summed E-state index contributed by atoms with van der Waals surface area (Å²) >= 11 is 0. The lowest BCUT2D eigenvalue weighted by atomic mass is 10.0. The molecule has 1 amide bonds. The molecule has 0 aromatic rings. The summed E-state index contributed by atoms with van der Waals surface area (Å²) in [7, 11) is 0. The van der Waals surface area contributed by atoms with Gasteiger partial charge in [0.2, 0.25) is 0 Å². The zero-order valence-electron chi connectivity index (χ0n) is 11.7. The van der Waals surface area contributed by atoms with E-state index in [9.17, 15) is 4.79 Å².